The average Bonchev–Trinajstić information content (AvgIpc) is 2.84. The lowest BCUT2D eigenvalue weighted by atomic mass is 9.98. The Morgan fingerprint density at radius 3 is 2.00 bits per heavy atom. The summed E-state index contributed by atoms with van der Waals surface area (Å²) in [5.41, 5.74) is 2.58. The van der Waals surface area contributed by atoms with Crippen molar-refractivity contribution in [1.82, 2.24) is 0 Å². The number of benzene rings is 3. The molecular formula is C27H29ClO5S. The molecule has 0 aliphatic rings. The molecule has 0 aliphatic carbocycles. The highest BCUT2D eigenvalue weighted by molar-refractivity contribution is 8.14. The van der Waals surface area contributed by atoms with E-state index in [-0.39, 0.29) is 10.4 Å². The van der Waals surface area contributed by atoms with E-state index < -0.39 is 0 Å². The molecule has 0 fully saturated rings. The zero-order chi connectivity index (χ0) is 24.8. The summed E-state index contributed by atoms with van der Waals surface area (Å²) in [6.45, 7) is 4.07. The van der Waals surface area contributed by atoms with Gasteiger partial charge in [-0.1, -0.05) is 35.0 Å². The summed E-state index contributed by atoms with van der Waals surface area (Å²) in [4.78, 5) is 13.2. The summed E-state index contributed by atoms with van der Waals surface area (Å²) in [6.07, 6.45) is 2.75. The number of allylic oxidation sites excluding steroid dienone is 2. The lowest BCUT2D eigenvalue weighted by molar-refractivity contribution is 0.108. The van der Waals surface area contributed by atoms with Crippen LogP contribution in [0.4, 0.5) is 0 Å². The van der Waals surface area contributed by atoms with Crippen molar-refractivity contribution in [2.75, 3.05) is 28.4 Å². The Balaban J connectivity index is 2.23. The fourth-order valence-corrected chi connectivity index (χ4v) is 4.93. The molecule has 0 saturated heterocycles. The van der Waals surface area contributed by atoms with Crippen molar-refractivity contribution < 1.29 is 23.7 Å². The Morgan fingerprint density at radius 2 is 1.47 bits per heavy atom. The third-order valence-electron chi connectivity index (χ3n) is 5.43. The summed E-state index contributed by atoms with van der Waals surface area (Å²) in [5.74, 6) is 2.50. The first-order valence-electron chi connectivity index (χ1n) is 10.7. The molecule has 1 unspecified atom stereocenters. The van der Waals surface area contributed by atoms with Crippen LogP contribution in [-0.4, -0.2) is 33.6 Å². The molecule has 3 rings (SSSR count). The van der Waals surface area contributed by atoms with E-state index in [0.717, 1.165) is 21.9 Å². The molecule has 180 valence electrons. The van der Waals surface area contributed by atoms with Crippen LogP contribution in [0.15, 0.2) is 54.1 Å². The van der Waals surface area contributed by atoms with Crippen LogP contribution in [-0.2, 0) is 0 Å². The second kappa shape index (κ2) is 11.5. The Morgan fingerprint density at radius 1 is 0.882 bits per heavy atom. The van der Waals surface area contributed by atoms with Gasteiger partial charge in [-0.05, 0) is 62.7 Å². The number of carbonyl (C=O) groups is 1. The fourth-order valence-electron chi connectivity index (χ4n) is 3.78. The Bertz CT molecular complexity index is 1200. The van der Waals surface area contributed by atoms with Gasteiger partial charge in [-0.15, -0.1) is 0 Å². The van der Waals surface area contributed by atoms with Crippen molar-refractivity contribution in [3.8, 4) is 23.0 Å². The van der Waals surface area contributed by atoms with Crippen molar-refractivity contribution in [3.05, 3.63) is 70.3 Å². The summed E-state index contributed by atoms with van der Waals surface area (Å²) in [5, 5.41) is 1.79. The number of ether oxygens (including phenoxy) is 4. The molecule has 0 aromatic heterocycles. The number of fused-ring (bicyclic) bond motifs is 1. The van der Waals surface area contributed by atoms with Gasteiger partial charge in [0.2, 0.25) is 5.12 Å². The topological polar surface area (TPSA) is 54.0 Å². The maximum absolute atomic E-state index is 13.2. The predicted octanol–water partition coefficient (Wildman–Crippen LogP) is 7.50. The van der Waals surface area contributed by atoms with Gasteiger partial charge in [0.25, 0.3) is 0 Å². The summed E-state index contributed by atoms with van der Waals surface area (Å²) in [6, 6.07) is 12.5. The van der Waals surface area contributed by atoms with E-state index in [9.17, 15) is 4.79 Å². The van der Waals surface area contributed by atoms with Gasteiger partial charge >= 0.3 is 0 Å². The van der Waals surface area contributed by atoms with E-state index in [4.69, 9.17) is 30.5 Å². The number of thioether (sulfide) groups is 1. The number of carbonyl (C=O) groups excluding carboxylic acids is 1. The van der Waals surface area contributed by atoms with Crippen LogP contribution in [0.3, 0.4) is 0 Å². The molecule has 0 N–H and O–H groups in total. The zero-order valence-corrected chi connectivity index (χ0v) is 21.8. The number of halogens is 1. The first kappa shape index (κ1) is 25.8. The van der Waals surface area contributed by atoms with Crippen LogP contribution in [0.2, 0.25) is 5.02 Å². The molecule has 0 heterocycles. The second-order valence-electron chi connectivity index (χ2n) is 7.84. The molecule has 0 saturated carbocycles. The van der Waals surface area contributed by atoms with Crippen LogP contribution in [0.5, 0.6) is 23.0 Å². The van der Waals surface area contributed by atoms with E-state index in [0.29, 0.717) is 40.0 Å². The van der Waals surface area contributed by atoms with Gasteiger partial charge in [0.15, 0.2) is 0 Å². The van der Waals surface area contributed by atoms with Gasteiger partial charge < -0.3 is 18.9 Å². The lowest BCUT2D eigenvalue weighted by Gasteiger charge is -2.23. The summed E-state index contributed by atoms with van der Waals surface area (Å²) >= 11 is 7.25. The van der Waals surface area contributed by atoms with Gasteiger partial charge in [0.1, 0.15) is 23.0 Å². The zero-order valence-electron chi connectivity index (χ0n) is 20.2. The Labute approximate surface area is 210 Å². The normalized spacial score (nSPS) is 11.6. The highest BCUT2D eigenvalue weighted by atomic mass is 35.5. The minimum Gasteiger partial charge on any atom is -0.496 e. The number of hydrogen-bond donors (Lipinski definition) is 0. The first-order valence-corrected chi connectivity index (χ1v) is 12.0. The SMILES string of the molecule is COc1ccc(OC)c2c(OC)c(C(CC=C(C)C)SC(=O)c3ccc(Cl)cc3)cc(OC)c12. The minimum absolute atomic E-state index is 0.0532. The molecule has 7 heteroatoms. The van der Waals surface area contributed by atoms with Gasteiger partial charge in [-0.3, -0.25) is 4.79 Å². The average molecular weight is 501 g/mol. The summed E-state index contributed by atoms with van der Waals surface area (Å²) < 4.78 is 23.0. The van der Waals surface area contributed by atoms with Crippen LogP contribution in [0.25, 0.3) is 10.8 Å². The molecule has 3 aromatic carbocycles. The van der Waals surface area contributed by atoms with E-state index in [1.165, 1.54) is 11.8 Å². The maximum atomic E-state index is 13.2. The maximum Gasteiger partial charge on any atom is 0.219 e. The molecule has 3 aromatic rings. The molecule has 34 heavy (non-hydrogen) atoms. The minimum atomic E-state index is -0.234. The number of methoxy groups -OCH3 is 4. The van der Waals surface area contributed by atoms with E-state index >= 15 is 0 Å². The Kier molecular flexibility index (Phi) is 8.75. The third-order valence-corrected chi connectivity index (χ3v) is 6.86. The molecule has 0 bridgehead atoms. The van der Waals surface area contributed by atoms with Crippen LogP contribution < -0.4 is 18.9 Å². The largest absolute Gasteiger partial charge is 0.496 e. The number of hydrogen-bond acceptors (Lipinski definition) is 6. The summed E-state index contributed by atoms with van der Waals surface area (Å²) in [7, 11) is 6.45. The molecule has 0 radical (unpaired) electrons. The van der Waals surface area contributed by atoms with E-state index in [2.05, 4.69) is 6.08 Å². The highest BCUT2D eigenvalue weighted by Crippen LogP contribution is 2.50. The molecule has 0 aliphatic heterocycles. The van der Waals surface area contributed by atoms with Crippen LogP contribution in [0.1, 0.15) is 41.4 Å². The van der Waals surface area contributed by atoms with Gasteiger partial charge in [-0.2, -0.15) is 0 Å². The van der Waals surface area contributed by atoms with Crippen molar-refractivity contribution in [3.63, 3.8) is 0 Å². The molecule has 1 atom stereocenters. The smallest absolute Gasteiger partial charge is 0.219 e. The fraction of sp³-hybridized carbons (Fsp3) is 0.296. The third kappa shape index (κ3) is 5.45. The quantitative estimate of drug-likeness (QED) is 0.283. The van der Waals surface area contributed by atoms with Crippen LogP contribution in [0, 0.1) is 0 Å². The monoisotopic (exact) mass is 500 g/mol. The highest BCUT2D eigenvalue weighted by Gasteiger charge is 2.27. The van der Waals surface area contributed by atoms with Gasteiger partial charge in [0.05, 0.1) is 39.2 Å². The molecule has 5 nitrogen and oxygen atoms in total. The van der Waals surface area contributed by atoms with E-state index in [1.54, 1.807) is 52.7 Å². The Hall–Kier alpha value is -2.83. The number of rotatable bonds is 9. The molecule has 0 spiro atoms. The van der Waals surface area contributed by atoms with Crippen molar-refractivity contribution in [2.45, 2.75) is 25.5 Å². The van der Waals surface area contributed by atoms with Crippen LogP contribution >= 0.6 is 23.4 Å². The first-order chi connectivity index (χ1) is 16.3. The van der Waals surface area contributed by atoms with Gasteiger partial charge in [-0.25, -0.2) is 0 Å². The van der Waals surface area contributed by atoms with Crippen molar-refractivity contribution in [1.29, 1.82) is 0 Å². The molecular weight excluding hydrogens is 472 g/mol. The van der Waals surface area contributed by atoms with Crippen molar-refractivity contribution in [2.24, 2.45) is 0 Å². The van der Waals surface area contributed by atoms with E-state index in [1.807, 2.05) is 32.0 Å². The second-order valence-corrected chi connectivity index (χ2v) is 9.45. The standard InChI is InChI=1S/C27H29ClO5S/c1-16(2)7-14-23(34-27(29)17-8-10-18(28)11-9-17)19-15-22(32-5)24-20(30-3)12-13-21(31-4)25(24)26(19)33-6/h7-13,15,23H,14H2,1-6H3. The lowest BCUT2D eigenvalue weighted by Crippen LogP contribution is -2.05. The van der Waals surface area contributed by atoms with Crippen molar-refractivity contribution >= 4 is 39.3 Å². The van der Waals surface area contributed by atoms with Gasteiger partial charge in [0, 0.05) is 21.4 Å². The predicted molar refractivity (Wildman–Crippen MR) is 140 cm³/mol. The molecule has 0 amide bonds.